The van der Waals surface area contributed by atoms with Crippen LogP contribution in [0.25, 0.3) is 0 Å². The second-order valence-corrected chi connectivity index (χ2v) is 11.1. The van der Waals surface area contributed by atoms with Gasteiger partial charge in [-0.15, -0.1) is 0 Å². The highest BCUT2D eigenvalue weighted by molar-refractivity contribution is 7.90. The second kappa shape index (κ2) is 9.22. The van der Waals surface area contributed by atoms with Gasteiger partial charge in [0.25, 0.3) is 0 Å². The molecule has 1 atom stereocenters. The molecule has 1 aliphatic rings. The van der Waals surface area contributed by atoms with Crippen LogP contribution in [-0.4, -0.2) is 35.7 Å². The average molecular weight is 466 g/mol. The molecule has 1 aliphatic carbocycles. The molecule has 1 fully saturated rings. The van der Waals surface area contributed by atoms with Crippen molar-refractivity contribution < 1.29 is 18.3 Å². The van der Waals surface area contributed by atoms with Gasteiger partial charge in [-0.3, -0.25) is 9.78 Å². The number of hydrogen-bond acceptors (Lipinski definition) is 6. The van der Waals surface area contributed by atoms with Gasteiger partial charge < -0.3 is 10.4 Å². The molecule has 7 nitrogen and oxygen atoms in total. The lowest BCUT2D eigenvalue weighted by Crippen LogP contribution is -2.24. The fraction of sp³-hybridized carbons (Fsp3) is 0.500. The van der Waals surface area contributed by atoms with Crippen LogP contribution in [0.3, 0.4) is 0 Å². The predicted octanol–water partition coefficient (Wildman–Crippen LogP) is 4.06. The quantitative estimate of drug-likeness (QED) is 0.638. The summed E-state index contributed by atoms with van der Waals surface area (Å²) in [5.74, 6) is -0.0358. The van der Waals surface area contributed by atoms with Crippen molar-refractivity contribution in [3.8, 4) is 0 Å². The smallest absolute Gasteiger partial charge is 0.233 e. The molecule has 1 unspecified atom stereocenters. The molecule has 1 aromatic carbocycles. The summed E-state index contributed by atoms with van der Waals surface area (Å²) < 4.78 is 23.8. The molecule has 1 saturated carbocycles. The molecule has 0 saturated heterocycles. The Hall–Kier alpha value is -2.03. The van der Waals surface area contributed by atoms with Crippen molar-refractivity contribution >= 4 is 33.2 Å². The number of sulfone groups is 1. The molecule has 2 aromatic rings. The molecule has 1 heterocycles. The molecule has 1 amide bonds. The topological polar surface area (TPSA) is 109 Å². The minimum Gasteiger partial charge on any atom is -0.384 e. The zero-order valence-corrected chi connectivity index (χ0v) is 19.5. The van der Waals surface area contributed by atoms with Gasteiger partial charge in [0.1, 0.15) is 5.60 Å². The number of nitrogens with zero attached hydrogens (tertiary/aromatic N) is 2. The summed E-state index contributed by atoms with van der Waals surface area (Å²) in [5.41, 5.74) is -0.0578. The zero-order chi connectivity index (χ0) is 22.8. The van der Waals surface area contributed by atoms with Crippen LogP contribution in [0, 0.1) is 5.92 Å². The Morgan fingerprint density at radius 3 is 2.45 bits per heavy atom. The molecule has 0 bridgehead atoms. The number of benzene rings is 1. The summed E-state index contributed by atoms with van der Waals surface area (Å²) in [6.07, 6.45) is 9.03. The Bertz CT molecular complexity index is 1040. The molecular weight excluding hydrogens is 438 g/mol. The Morgan fingerprint density at radius 2 is 1.94 bits per heavy atom. The molecule has 3 rings (SSSR count). The highest BCUT2D eigenvalue weighted by Gasteiger charge is 2.28. The van der Waals surface area contributed by atoms with E-state index >= 15 is 0 Å². The summed E-state index contributed by atoms with van der Waals surface area (Å²) in [6, 6.07) is 4.69. The molecule has 0 aliphatic heterocycles. The molecular formula is C22H28ClN3O4S. The number of aliphatic hydroxyl groups is 1. The molecule has 0 spiro atoms. The minimum atomic E-state index is -3.45. The Kier molecular flexibility index (Phi) is 7.03. The molecule has 2 N–H and O–H groups in total. The van der Waals surface area contributed by atoms with Crippen molar-refractivity contribution in [2.45, 2.75) is 62.4 Å². The second-order valence-electron chi connectivity index (χ2n) is 8.74. The number of amides is 1. The summed E-state index contributed by atoms with van der Waals surface area (Å²) in [4.78, 5) is 21.6. The van der Waals surface area contributed by atoms with E-state index in [-0.39, 0.29) is 21.6 Å². The summed E-state index contributed by atoms with van der Waals surface area (Å²) >= 11 is 6.24. The van der Waals surface area contributed by atoms with E-state index in [1.165, 1.54) is 18.5 Å². The van der Waals surface area contributed by atoms with Crippen molar-refractivity contribution in [1.29, 1.82) is 0 Å². The Morgan fingerprint density at radius 1 is 1.26 bits per heavy atom. The van der Waals surface area contributed by atoms with Gasteiger partial charge >= 0.3 is 0 Å². The van der Waals surface area contributed by atoms with E-state index in [1.54, 1.807) is 26.0 Å². The van der Waals surface area contributed by atoms with Crippen LogP contribution < -0.4 is 5.32 Å². The largest absolute Gasteiger partial charge is 0.384 e. The van der Waals surface area contributed by atoms with Gasteiger partial charge in [0, 0.05) is 6.26 Å². The molecule has 1 aromatic heterocycles. The van der Waals surface area contributed by atoms with E-state index in [1.807, 2.05) is 0 Å². The number of halogens is 1. The first kappa shape index (κ1) is 23.6. The van der Waals surface area contributed by atoms with Gasteiger partial charge in [-0.2, -0.15) is 0 Å². The van der Waals surface area contributed by atoms with Crippen LogP contribution in [0.2, 0.25) is 5.02 Å². The fourth-order valence-electron chi connectivity index (χ4n) is 3.93. The van der Waals surface area contributed by atoms with Crippen LogP contribution in [0.5, 0.6) is 0 Å². The van der Waals surface area contributed by atoms with Gasteiger partial charge in [0.15, 0.2) is 15.7 Å². The Balaban J connectivity index is 1.86. The molecule has 31 heavy (non-hydrogen) atoms. The van der Waals surface area contributed by atoms with Crippen molar-refractivity contribution in [2.75, 3.05) is 11.6 Å². The van der Waals surface area contributed by atoms with Crippen molar-refractivity contribution in [1.82, 2.24) is 9.97 Å². The third-order valence-electron chi connectivity index (χ3n) is 5.65. The van der Waals surface area contributed by atoms with Gasteiger partial charge in [0.2, 0.25) is 5.91 Å². The monoisotopic (exact) mass is 465 g/mol. The zero-order valence-electron chi connectivity index (χ0n) is 17.9. The van der Waals surface area contributed by atoms with Gasteiger partial charge in [-0.1, -0.05) is 43.4 Å². The van der Waals surface area contributed by atoms with Crippen LogP contribution in [0.4, 0.5) is 5.82 Å². The fourth-order valence-corrected chi connectivity index (χ4v) is 5.27. The van der Waals surface area contributed by atoms with Crippen LogP contribution >= 0.6 is 11.6 Å². The Labute approximate surface area is 188 Å². The SMILES string of the molecule is CC(C)(O)c1cnc(NC(=O)C(CC2CCCC2)c2ccc(S(C)(=O)=O)c(Cl)c2)cn1. The number of carbonyl (C=O) groups is 1. The van der Waals surface area contributed by atoms with E-state index in [2.05, 4.69) is 15.3 Å². The molecule has 9 heteroatoms. The van der Waals surface area contributed by atoms with E-state index in [0.717, 1.165) is 31.9 Å². The standard InChI is InChI=1S/C22H28ClN3O4S/c1-22(2,28)19-12-25-20(13-24-19)26-21(27)16(10-14-6-4-5-7-14)15-8-9-18(17(23)11-15)31(3,29)30/h8-9,11-14,16,28H,4-7,10H2,1-3H3,(H,25,26,27). The van der Waals surface area contributed by atoms with Gasteiger partial charge in [-0.05, 0) is 43.9 Å². The lowest BCUT2D eigenvalue weighted by atomic mass is 9.87. The lowest BCUT2D eigenvalue weighted by Gasteiger charge is -2.21. The first-order chi connectivity index (χ1) is 14.4. The van der Waals surface area contributed by atoms with E-state index in [4.69, 9.17) is 11.6 Å². The maximum Gasteiger partial charge on any atom is 0.233 e. The highest BCUT2D eigenvalue weighted by atomic mass is 35.5. The van der Waals surface area contributed by atoms with Crippen LogP contribution in [0.1, 0.15) is 63.1 Å². The maximum absolute atomic E-state index is 13.2. The first-order valence-electron chi connectivity index (χ1n) is 10.3. The predicted molar refractivity (Wildman–Crippen MR) is 120 cm³/mol. The maximum atomic E-state index is 13.2. The molecule has 168 valence electrons. The van der Waals surface area contributed by atoms with E-state index in [9.17, 15) is 18.3 Å². The average Bonchev–Trinajstić information content (AvgIpc) is 3.18. The summed E-state index contributed by atoms with van der Waals surface area (Å²) in [5, 5.41) is 12.9. The number of rotatable bonds is 7. The molecule has 0 radical (unpaired) electrons. The van der Waals surface area contributed by atoms with Crippen LogP contribution in [0.15, 0.2) is 35.5 Å². The number of nitrogens with one attached hydrogen (secondary N) is 1. The lowest BCUT2D eigenvalue weighted by molar-refractivity contribution is -0.118. The number of hydrogen-bond donors (Lipinski definition) is 2. The van der Waals surface area contributed by atoms with Crippen molar-refractivity contribution in [3.63, 3.8) is 0 Å². The van der Waals surface area contributed by atoms with Crippen molar-refractivity contribution in [3.05, 3.63) is 46.9 Å². The van der Waals surface area contributed by atoms with Gasteiger partial charge in [-0.25, -0.2) is 13.4 Å². The van der Waals surface area contributed by atoms with Gasteiger partial charge in [0.05, 0.1) is 33.9 Å². The van der Waals surface area contributed by atoms with E-state index in [0.29, 0.717) is 23.6 Å². The summed E-state index contributed by atoms with van der Waals surface area (Å²) in [6.45, 7) is 3.22. The highest BCUT2D eigenvalue weighted by Crippen LogP contribution is 2.36. The minimum absolute atomic E-state index is 0.0472. The number of anilines is 1. The van der Waals surface area contributed by atoms with E-state index < -0.39 is 21.4 Å². The first-order valence-corrected chi connectivity index (χ1v) is 12.6. The third kappa shape index (κ3) is 6.02. The van der Waals surface area contributed by atoms with Crippen LogP contribution in [-0.2, 0) is 20.2 Å². The normalized spacial score (nSPS) is 16.3. The number of aromatic nitrogens is 2. The third-order valence-corrected chi connectivity index (χ3v) is 7.23. The van der Waals surface area contributed by atoms with Crippen molar-refractivity contribution in [2.24, 2.45) is 5.92 Å². The number of carbonyl (C=O) groups excluding carboxylic acids is 1. The summed E-state index contributed by atoms with van der Waals surface area (Å²) in [7, 11) is -3.45.